The first-order valence-corrected chi connectivity index (χ1v) is 30.5. The number of aliphatic hydroxyl groups is 2. The van der Waals surface area contributed by atoms with Gasteiger partial charge in [-0.3, -0.25) is 4.79 Å². The third kappa shape index (κ3) is 55.0. The topological polar surface area (TPSA) is 69.6 Å². The summed E-state index contributed by atoms with van der Waals surface area (Å²) in [5.74, 6) is -0.0758. The molecule has 0 saturated carbocycles. The van der Waals surface area contributed by atoms with Gasteiger partial charge in [0.1, 0.15) is 0 Å². The second-order valence-corrected chi connectivity index (χ2v) is 20.8. The number of hydrogen-bond acceptors (Lipinski definition) is 3. The van der Waals surface area contributed by atoms with E-state index in [9.17, 15) is 15.0 Å². The van der Waals surface area contributed by atoms with Crippen LogP contribution in [0, 0.1) is 0 Å². The van der Waals surface area contributed by atoms with Crippen LogP contribution in [0.4, 0.5) is 0 Å². The van der Waals surface area contributed by atoms with Crippen LogP contribution in [0.3, 0.4) is 0 Å². The number of aliphatic hydroxyl groups excluding tert-OH is 2. The van der Waals surface area contributed by atoms with Crippen molar-refractivity contribution in [2.45, 2.75) is 334 Å². The Morgan fingerprint density at radius 2 is 0.618 bits per heavy atom. The van der Waals surface area contributed by atoms with Crippen molar-refractivity contribution in [1.82, 2.24) is 5.32 Å². The normalized spacial score (nSPS) is 13.2. The molecule has 0 aromatic heterocycles. The molecular formula is C64H119NO3. The van der Waals surface area contributed by atoms with E-state index < -0.39 is 12.1 Å². The summed E-state index contributed by atoms with van der Waals surface area (Å²) in [7, 11) is 0. The Morgan fingerprint density at radius 1 is 0.353 bits per heavy atom. The Morgan fingerprint density at radius 3 is 0.956 bits per heavy atom. The summed E-state index contributed by atoms with van der Waals surface area (Å²) in [4.78, 5) is 12.5. The van der Waals surface area contributed by atoms with Crippen LogP contribution in [0.2, 0.25) is 0 Å². The van der Waals surface area contributed by atoms with Crippen molar-refractivity contribution in [3.63, 3.8) is 0 Å². The molecule has 0 rings (SSSR count). The molecule has 0 heterocycles. The number of unbranched alkanes of at least 4 members (excludes halogenated alkanes) is 41. The van der Waals surface area contributed by atoms with E-state index in [2.05, 4.69) is 67.8 Å². The molecule has 4 heteroatoms. The SMILES string of the molecule is CCCCCCC/C=C\C/C=C\C/C=C\CCCCCCCCCCCCC(=O)NC(CO)C(O)/C=C/CC/C=C/CCCCCCCCCCCCCCCCCCCCCCCCCCC. The molecule has 0 aromatic carbocycles. The maximum atomic E-state index is 12.5. The van der Waals surface area contributed by atoms with Crippen molar-refractivity contribution in [3.05, 3.63) is 60.8 Å². The smallest absolute Gasteiger partial charge is 0.220 e. The van der Waals surface area contributed by atoms with Gasteiger partial charge in [-0.2, -0.15) is 0 Å². The van der Waals surface area contributed by atoms with Crippen molar-refractivity contribution < 1.29 is 15.0 Å². The van der Waals surface area contributed by atoms with Crippen molar-refractivity contribution in [2.24, 2.45) is 0 Å². The largest absolute Gasteiger partial charge is 0.394 e. The number of carbonyl (C=O) groups excluding carboxylic acids is 1. The van der Waals surface area contributed by atoms with E-state index in [1.54, 1.807) is 6.08 Å². The molecule has 0 aliphatic carbocycles. The Labute approximate surface area is 426 Å². The minimum Gasteiger partial charge on any atom is -0.394 e. The predicted molar refractivity (Wildman–Crippen MR) is 304 cm³/mol. The fourth-order valence-corrected chi connectivity index (χ4v) is 9.32. The molecular weight excluding hydrogens is 831 g/mol. The Balaban J connectivity index is 3.52. The first-order chi connectivity index (χ1) is 33.7. The summed E-state index contributed by atoms with van der Waals surface area (Å²) in [5, 5.41) is 23.2. The monoisotopic (exact) mass is 950 g/mol. The molecule has 1 amide bonds. The van der Waals surface area contributed by atoms with Crippen molar-refractivity contribution in [3.8, 4) is 0 Å². The molecule has 0 spiro atoms. The quantitative estimate of drug-likeness (QED) is 0.0420. The first kappa shape index (κ1) is 66.1. The van der Waals surface area contributed by atoms with E-state index >= 15 is 0 Å². The summed E-state index contributed by atoms with van der Waals surface area (Å²) in [6.45, 7) is 4.31. The van der Waals surface area contributed by atoms with Gasteiger partial charge in [0, 0.05) is 6.42 Å². The molecule has 68 heavy (non-hydrogen) atoms. The van der Waals surface area contributed by atoms with E-state index in [-0.39, 0.29) is 12.5 Å². The summed E-state index contributed by atoms with van der Waals surface area (Å²) >= 11 is 0. The van der Waals surface area contributed by atoms with Gasteiger partial charge in [-0.1, -0.05) is 306 Å². The van der Waals surface area contributed by atoms with Gasteiger partial charge in [-0.05, 0) is 70.6 Å². The molecule has 0 aliphatic heterocycles. The first-order valence-electron chi connectivity index (χ1n) is 30.5. The lowest BCUT2D eigenvalue weighted by Gasteiger charge is -2.19. The van der Waals surface area contributed by atoms with E-state index in [1.807, 2.05) is 6.08 Å². The third-order valence-electron chi connectivity index (χ3n) is 14.0. The zero-order chi connectivity index (χ0) is 49.2. The van der Waals surface area contributed by atoms with Crippen LogP contribution < -0.4 is 5.32 Å². The minimum absolute atomic E-state index is 0.0758. The maximum absolute atomic E-state index is 12.5. The molecule has 398 valence electrons. The van der Waals surface area contributed by atoms with Crippen LogP contribution in [0.25, 0.3) is 0 Å². The number of nitrogens with one attached hydrogen (secondary N) is 1. The second-order valence-electron chi connectivity index (χ2n) is 20.8. The van der Waals surface area contributed by atoms with Crippen LogP contribution in [0.1, 0.15) is 322 Å². The second kappa shape index (κ2) is 59.4. The van der Waals surface area contributed by atoms with E-state index in [0.29, 0.717) is 6.42 Å². The number of hydrogen-bond donors (Lipinski definition) is 3. The lowest BCUT2D eigenvalue weighted by molar-refractivity contribution is -0.123. The van der Waals surface area contributed by atoms with Gasteiger partial charge in [-0.15, -0.1) is 0 Å². The fraction of sp³-hybridized carbons (Fsp3) is 0.828. The number of allylic oxidation sites excluding steroid dienone is 9. The highest BCUT2D eigenvalue weighted by atomic mass is 16.3. The summed E-state index contributed by atoms with van der Waals surface area (Å²) < 4.78 is 0. The molecule has 0 fully saturated rings. The van der Waals surface area contributed by atoms with E-state index in [0.717, 1.165) is 44.9 Å². The van der Waals surface area contributed by atoms with Gasteiger partial charge in [0.2, 0.25) is 5.91 Å². The molecule has 0 aromatic rings. The van der Waals surface area contributed by atoms with Crippen LogP contribution in [-0.4, -0.2) is 34.9 Å². The molecule has 3 N–H and O–H groups in total. The van der Waals surface area contributed by atoms with Crippen LogP contribution in [0.15, 0.2) is 60.8 Å². The van der Waals surface area contributed by atoms with Gasteiger partial charge >= 0.3 is 0 Å². The average Bonchev–Trinajstić information content (AvgIpc) is 3.34. The summed E-state index contributed by atoms with van der Waals surface area (Å²) in [6, 6.07) is -0.645. The number of amides is 1. The lowest BCUT2D eigenvalue weighted by Crippen LogP contribution is -2.45. The summed E-state index contributed by atoms with van der Waals surface area (Å²) in [5.41, 5.74) is 0. The Kier molecular flexibility index (Phi) is 57.7. The minimum atomic E-state index is -0.868. The van der Waals surface area contributed by atoms with Crippen LogP contribution in [-0.2, 0) is 4.79 Å². The predicted octanol–water partition coefficient (Wildman–Crippen LogP) is 20.4. The Hall–Kier alpha value is -1.91. The molecule has 0 saturated heterocycles. The standard InChI is InChI=1S/C64H119NO3/c1-3-5-7-9-11-13-15-17-19-21-23-25-27-29-30-31-32-33-34-36-37-39-41-43-45-47-49-51-53-55-57-59-63(67)62(61-66)65-64(68)60-58-56-54-52-50-48-46-44-42-40-38-35-28-26-24-22-20-18-16-14-12-10-8-6-4-2/h16,18,22,24,28,35,49,51,57,59,62-63,66-67H,3-15,17,19-21,23,25-27,29-34,36-48,50,52-56,58,60-61H2,1-2H3,(H,65,68)/b18-16-,24-22-,35-28-,51-49+,59-57+. The number of rotatable bonds is 56. The Bertz CT molecular complexity index is 1120. The molecule has 0 radical (unpaired) electrons. The van der Waals surface area contributed by atoms with E-state index in [1.165, 1.54) is 257 Å². The molecule has 4 nitrogen and oxygen atoms in total. The van der Waals surface area contributed by atoms with E-state index in [4.69, 9.17) is 0 Å². The van der Waals surface area contributed by atoms with Crippen molar-refractivity contribution >= 4 is 5.91 Å². The average molecular weight is 951 g/mol. The molecule has 0 aliphatic rings. The van der Waals surface area contributed by atoms with Crippen LogP contribution in [0.5, 0.6) is 0 Å². The zero-order valence-corrected chi connectivity index (χ0v) is 45.9. The molecule has 0 bridgehead atoms. The molecule has 2 unspecified atom stereocenters. The van der Waals surface area contributed by atoms with Crippen LogP contribution >= 0.6 is 0 Å². The highest BCUT2D eigenvalue weighted by Gasteiger charge is 2.18. The van der Waals surface area contributed by atoms with Gasteiger partial charge in [0.05, 0.1) is 18.8 Å². The zero-order valence-electron chi connectivity index (χ0n) is 45.9. The summed E-state index contributed by atoms with van der Waals surface area (Å²) in [6.07, 6.45) is 84.1. The maximum Gasteiger partial charge on any atom is 0.220 e. The van der Waals surface area contributed by atoms with Crippen molar-refractivity contribution in [1.29, 1.82) is 0 Å². The van der Waals surface area contributed by atoms with Gasteiger partial charge in [0.15, 0.2) is 0 Å². The fourth-order valence-electron chi connectivity index (χ4n) is 9.32. The highest BCUT2D eigenvalue weighted by molar-refractivity contribution is 5.76. The molecule has 2 atom stereocenters. The lowest BCUT2D eigenvalue weighted by atomic mass is 10.0. The third-order valence-corrected chi connectivity index (χ3v) is 14.0. The highest BCUT2D eigenvalue weighted by Crippen LogP contribution is 2.17. The number of carbonyl (C=O) groups is 1. The van der Waals surface area contributed by atoms with Gasteiger partial charge < -0.3 is 15.5 Å². The van der Waals surface area contributed by atoms with Crippen molar-refractivity contribution in [2.75, 3.05) is 6.61 Å². The van der Waals surface area contributed by atoms with Gasteiger partial charge in [0.25, 0.3) is 0 Å². The van der Waals surface area contributed by atoms with Gasteiger partial charge in [-0.25, -0.2) is 0 Å².